The molecule has 0 aliphatic heterocycles. The number of aromatic nitrogens is 3. The van der Waals surface area contributed by atoms with E-state index in [9.17, 15) is 4.79 Å². The molecule has 4 aromatic rings. The maximum atomic E-state index is 13.1. The lowest BCUT2D eigenvalue weighted by atomic mass is 9.87. The van der Waals surface area contributed by atoms with Crippen molar-refractivity contribution in [1.82, 2.24) is 9.78 Å². The predicted octanol–water partition coefficient (Wildman–Crippen LogP) is 4.70. The average molecular weight is 403 g/mol. The molecule has 5 rings (SSSR count). The van der Waals surface area contributed by atoms with Gasteiger partial charge in [0.2, 0.25) is 0 Å². The zero-order valence-corrected chi connectivity index (χ0v) is 16.9. The van der Waals surface area contributed by atoms with E-state index in [1.54, 1.807) is 6.07 Å². The Labute approximate surface area is 174 Å². The highest BCUT2D eigenvalue weighted by atomic mass is 35.5. The van der Waals surface area contributed by atoms with Crippen LogP contribution in [0.5, 0.6) is 0 Å². The van der Waals surface area contributed by atoms with Gasteiger partial charge in [-0.25, -0.2) is 0 Å². The molecular weight excluding hydrogens is 382 g/mol. The Bertz CT molecular complexity index is 1240. The second-order valence-electron chi connectivity index (χ2n) is 7.69. The predicted molar refractivity (Wildman–Crippen MR) is 113 cm³/mol. The van der Waals surface area contributed by atoms with Crippen LogP contribution < -0.4 is 4.57 Å². The van der Waals surface area contributed by atoms with Crippen LogP contribution in [0.15, 0.2) is 67.1 Å². The average Bonchev–Trinajstić information content (AvgIpc) is 3.13. The quantitative estimate of drug-likeness (QED) is 0.466. The molecule has 1 unspecified atom stereocenters. The standard InChI is InChI=1S/C24H21ClN3O/c1-16-4-2-3-5-18(16)14-27-11-10-22-19(15-27)13-26-28(22)23-9-7-17-6-8-20(25)12-21(17)24(23)29/h2-6,8,10-13,15,23H,7,9,14H2,1H3/q+1. The summed E-state index contributed by atoms with van der Waals surface area (Å²) < 4.78 is 4.04. The summed E-state index contributed by atoms with van der Waals surface area (Å²) in [5.41, 5.74) is 5.35. The molecule has 1 aliphatic carbocycles. The van der Waals surface area contributed by atoms with E-state index in [0.717, 1.165) is 41.4 Å². The van der Waals surface area contributed by atoms with Crippen molar-refractivity contribution < 1.29 is 9.36 Å². The number of hydrogen-bond acceptors (Lipinski definition) is 2. The number of Topliss-reactive ketones (excluding diaryl/α,β-unsaturated/α-hetero) is 1. The molecule has 2 aromatic carbocycles. The Morgan fingerprint density at radius 3 is 2.93 bits per heavy atom. The highest BCUT2D eigenvalue weighted by molar-refractivity contribution is 6.31. The number of pyridine rings is 1. The van der Waals surface area contributed by atoms with E-state index in [1.165, 1.54) is 11.1 Å². The largest absolute Gasteiger partial charge is 0.292 e. The van der Waals surface area contributed by atoms with Gasteiger partial charge in [-0.3, -0.25) is 9.48 Å². The van der Waals surface area contributed by atoms with E-state index in [1.807, 2.05) is 23.0 Å². The number of carbonyl (C=O) groups is 1. The molecule has 0 fully saturated rings. The number of aryl methyl sites for hydroxylation is 2. The normalized spacial score (nSPS) is 16.2. The molecule has 2 aromatic heterocycles. The first kappa shape index (κ1) is 18.1. The van der Waals surface area contributed by atoms with Crippen LogP contribution in [0.25, 0.3) is 10.9 Å². The maximum absolute atomic E-state index is 13.1. The SMILES string of the molecule is Cc1ccccc1C[n+]1ccc2c(cnn2C2CCc3ccc(Cl)cc3C2=O)c1. The highest BCUT2D eigenvalue weighted by Gasteiger charge is 2.30. The Hall–Kier alpha value is -2.98. The number of benzene rings is 2. The fourth-order valence-electron chi connectivity index (χ4n) is 4.21. The molecule has 1 atom stereocenters. The lowest BCUT2D eigenvalue weighted by molar-refractivity contribution is -0.687. The van der Waals surface area contributed by atoms with E-state index in [0.29, 0.717) is 5.02 Å². The summed E-state index contributed by atoms with van der Waals surface area (Å²) >= 11 is 6.13. The van der Waals surface area contributed by atoms with Gasteiger partial charge < -0.3 is 0 Å². The first-order valence-corrected chi connectivity index (χ1v) is 10.2. The van der Waals surface area contributed by atoms with Gasteiger partial charge in [-0.05, 0) is 43.0 Å². The molecular formula is C24H21ClN3O+. The number of hydrogen-bond donors (Lipinski definition) is 0. The van der Waals surface area contributed by atoms with E-state index < -0.39 is 0 Å². The van der Waals surface area contributed by atoms with Crippen LogP contribution in [-0.4, -0.2) is 15.6 Å². The van der Waals surface area contributed by atoms with Crippen molar-refractivity contribution in [2.75, 3.05) is 0 Å². The maximum Gasteiger partial charge on any atom is 0.187 e. The topological polar surface area (TPSA) is 38.8 Å². The summed E-state index contributed by atoms with van der Waals surface area (Å²) in [4.78, 5) is 13.1. The fraction of sp³-hybridized carbons (Fsp3) is 0.208. The smallest absolute Gasteiger partial charge is 0.187 e. The van der Waals surface area contributed by atoms with Gasteiger partial charge in [-0.2, -0.15) is 9.67 Å². The number of halogens is 1. The molecule has 5 heteroatoms. The van der Waals surface area contributed by atoms with Gasteiger partial charge >= 0.3 is 0 Å². The minimum atomic E-state index is -0.286. The van der Waals surface area contributed by atoms with Gasteiger partial charge in [0.25, 0.3) is 0 Å². The van der Waals surface area contributed by atoms with Crippen LogP contribution in [0.4, 0.5) is 0 Å². The first-order chi connectivity index (χ1) is 14.1. The van der Waals surface area contributed by atoms with Crippen molar-refractivity contribution >= 4 is 28.3 Å². The third-order valence-electron chi connectivity index (χ3n) is 5.83. The van der Waals surface area contributed by atoms with Crippen molar-refractivity contribution in [3.63, 3.8) is 0 Å². The number of ketones is 1. The third kappa shape index (κ3) is 3.23. The van der Waals surface area contributed by atoms with Gasteiger partial charge in [0.1, 0.15) is 6.04 Å². The van der Waals surface area contributed by atoms with Gasteiger partial charge in [0.05, 0.1) is 17.1 Å². The second-order valence-corrected chi connectivity index (χ2v) is 8.13. The molecule has 29 heavy (non-hydrogen) atoms. The van der Waals surface area contributed by atoms with Gasteiger partial charge in [-0.1, -0.05) is 41.9 Å². The summed E-state index contributed by atoms with van der Waals surface area (Å²) in [5.74, 6) is 0.0930. The molecule has 144 valence electrons. The zero-order valence-electron chi connectivity index (χ0n) is 16.2. The molecule has 0 saturated carbocycles. The molecule has 0 bridgehead atoms. The summed E-state index contributed by atoms with van der Waals surface area (Å²) in [7, 11) is 0. The van der Waals surface area contributed by atoms with Gasteiger partial charge in [-0.15, -0.1) is 0 Å². The number of carbonyl (C=O) groups excluding carboxylic acids is 1. The summed E-state index contributed by atoms with van der Waals surface area (Å²) in [6.07, 6.45) is 7.62. The molecule has 0 spiro atoms. The summed E-state index contributed by atoms with van der Waals surface area (Å²) in [5, 5.41) is 6.21. The van der Waals surface area contributed by atoms with Crippen molar-refractivity contribution in [2.24, 2.45) is 0 Å². The third-order valence-corrected chi connectivity index (χ3v) is 6.06. The van der Waals surface area contributed by atoms with E-state index >= 15 is 0 Å². The van der Waals surface area contributed by atoms with Crippen LogP contribution in [0.3, 0.4) is 0 Å². The van der Waals surface area contributed by atoms with E-state index in [4.69, 9.17) is 11.6 Å². The Morgan fingerprint density at radius 2 is 2.07 bits per heavy atom. The first-order valence-electron chi connectivity index (χ1n) is 9.83. The van der Waals surface area contributed by atoms with Crippen LogP contribution >= 0.6 is 11.6 Å². The van der Waals surface area contributed by atoms with Crippen molar-refractivity contribution in [3.05, 3.63) is 94.4 Å². The van der Waals surface area contributed by atoms with Crippen molar-refractivity contribution in [1.29, 1.82) is 0 Å². The molecule has 0 amide bonds. The lowest BCUT2D eigenvalue weighted by Gasteiger charge is -2.24. The summed E-state index contributed by atoms with van der Waals surface area (Å²) in [6, 6.07) is 15.8. The number of rotatable bonds is 3. The Balaban J connectivity index is 1.48. The molecule has 0 radical (unpaired) electrons. The van der Waals surface area contributed by atoms with E-state index in [-0.39, 0.29) is 11.8 Å². The van der Waals surface area contributed by atoms with Crippen molar-refractivity contribution in [2.45, 2.75) is 32.4 Å². The Kier molecular flexibility index (Phi) is 4.44. The minimum absolute atomic E-state index is 0.0930. The fourth-order valence-corrected chi connectivity index (χ4v) is 4.38. The van der Waals surface area contributed by atoms with Crippen LogP contribution in [-0.2, 0) is 13.0 Å². The van der Waals surface area contributed by atoms with Gasteiger partial charge in [0.15, 0.2) is 24.7 Å². The number of fused-ring (bicyclic) bond motifs is 2. The van der Waals surface area contributed by atoms with Gasteiger partial charge in [0, 0.05) is 22.2 Å². The molecule has 1 aliphatic rings. The monoisotopic (exact) mass is 402 g/mol. The van der Waals surface area contributed by atoms with E-state index in [2.05, 4.69) is 59.3 Å². The van der Waals surface area contributed by atoms with Crippen LogP contribution in [0.1, 0.15) is 39.5 Å². The molecule has 4 nitrogen and oxygen atoms in total. The lowest BCUT2D eigenvalue weighted by Crippen LogP contribution is -2.33. The Morgan fingerprint density at radius 1 is 1.21 bits per heavy atom. The molecule has 0 saturated heterocycles. The van der Waals surface area contributed by atoms with Crippen LogP contribution in [0, 0.1) is 6.92 Å². The number of nitrogens with zero attached hydrogens (tertiary/aromatic N) is 3. The molecule has 0 N–H and O–H groups in total. The minimum Gasteiger partial charge on any atom is -0.292 e. The summed E-state index contributed by atoms with van der Waals surface area (Å²) in [6.45, 7) is 2.94. The zero-order chi connectivity index (χ0) is 20.0. The second kappa shape index (κ2) is 7.12. The molecule has 2 heterocycles. The highest BCUT2D eigenvalue weighted by Crippen LogP contribution is 2.32. The van der Waals surface area contributed by atoms with Crippen LogP contribution in [0.2, 0.25) is 5.02 Å². The van der Waals surface area contributed by atoms with Crippen molar-refractivity contribution in [3.8, 4) is 0 Å².